The van der Waals surface area contributed by atoms with Gasteiger partial charge in [0, 0.05) is 49.5 Å². The summed E-state index contributed by atoms with van der Waals surface area (Å²) in [5, 5.41) is 12.6. The Bertz CT molecular complexity index is 759. The summed E-state index contributed by atoms with van der Waals surface area (Å²) in [6.07, 6.45) is 5.52. The number of carbonyl (C=O) groups is 1. The van der Waals surface area contributed by atoms with E-state index in [1.165, 1.54) is 0 Å². The van der Waals surface area contributed by atoms with Crippen molar-refractivity contribution in [2.45, 2.75) is 13.1 Å². The molecule has 3 heterocycles. The molecule has 0 atom stereocenters. The molecule has 0 aliphatic heterocycles. The molecule has 3 rings (SSSR count). The summed E-state index contributed by atoms with van der Waals surface area (Å²) >= 11 is 1.63. The first-order valence-electron chi connectivity index (χ1n) is 6.89. The Hall–Kier alpha value is -2.41. The van der Waals surface area contributed by atoms with E-state index in [9.17, 15) is 4.79 Å². The van der Waals surface area contributed by atoms with Crippen molar-refractivity contribution in [2.75, 3.05) is 7.05 Å². The van der Waals surface area contributed by atoms with Crippen LogP contribution in [0.15, 0.2) is 41.5 Å². The lowest BCUT2D eigenvalue weighted by Crippen LogP contribution is -2.29. The number of thiophene rings is 1. The zero-order valence-electron chi connectivity index (χ0n) is 12.5. The summed E-state index contributed by atoms with van der Waals surface area (Å²) in [6.45, 7) is 0.784. The van der Waals surface area contributed by atoms with Crippen LogP contribution in [0.4, 0.5) is 0 Å². The molecule has 0 saturated carbocycles. The van der Waals surface area contributed by atoms with E-state index in [0.717, 1.165) is 16.8 Å². The van der Waals surface area contributed by atoms with Crippen LogP contribution in [0.3, 0.4) is 0 Å². The molecule has 0 fully saturated rings. The SMILES string of the molecule is CN(Cc1cnn(C)c1)C(=O)Cn1ccc(-c2ccsc2)n1. The molecule has 0 bridgehead atoms. The highest BCUT2D eigenvalue weighted by Crippen LogP contribution is 2.19. The molecular formula is C15H17N5OS. The fourth-order valence-corrected chi connectivity index (χ4v) is 2.84. The first kappa shape index (κ1) is 14.5. The topological polar surface area (TPSA) is 56.0 Å². The van der Waals surface area contributed by atoms with E-state index in [-0.39, 0.29) is 12.5 Å². The lowest BCUT2D eigenvalue weighted by atomic mass is 10.2. The number of aryl methyl sites for hydroxylation is 1. The van der Waals surface area contributed by atoms with Crippen LogP contribution in [0.2, 0.25) is 0 Å². The molecule has 0 spiro atoms. The first-order chi connectivity index (χ1) is 10.6. The van der Waals surface area contributed by atoms with Gasteiger partial charge in [-0.2, -0.15) is 21.5 Å². The van der Waals surface area contributed by atoms with Gasteiger partial charge in [-0.1, -0.05) is 0 Å². The highest BCUT2D eigenvalue weighted by atomic mass is 32.1. The van der Waals surface area contributed by atoms with Crippen LogP contribution in [-0.2, 0) is 24.9 Å². The Labute approximate surface area is 132 Å². The average Bonchev–Trinajstić information content (AvgIpc) is 3.20. The quantitative estimate of drug-likeness (QED) is 0.723. The second kappa shape index (κ2) is 6.15. The van der Waals surface area contributed by atoms with Crippen molar-refractivity contribution in [3.05, 3.63) is 47.0 Å². The van der Waals surface area contributed by atoms with Crippen LogP contribution in [-0.4, -0.2) is 37.4 Å². The lowest BCUT2D eigenvalue weighted by molar-refractivity contribution is -0.131. The molecule has 1 amide bonds. The fourth-order valence-electron chi connectivity index (χ4n) is 2.19. The third kappa shape index (κ3) is 3.25. The van der Waals surface area contributed by atoms with Gasteiger partial charge in [-0.15, -0.1) is 0 Å². The Morgan fingerprint density at radius 2 is 2.27 bits per heavy atom. The molecule has 22 heavy (non-hydrogen) atoms. The van der Waals surface area contributed by atoms with Gasteiger partial charge in [-0.3, -0.25) is 14.2 Å². The molecule has 0 unspecified atom stereocenters. The third-order valence-corrected chi connectivity index (χ3v) is 4.04. The van der Waals surface area contributed by atoms with Crippen molar-refractivity contribution in [3.63, 3.8) is 0 Å². The Morgan fingerprint density at radius 1 is 1.41 bits per heavy atom. The fraction of sp³-hybridized carbons (Fsp3) is 0.267. The zero-order valence-corrected chi connectivity index (χ0v) is 13.3. The van der Waals surface area contributed by atoms with E-state index < -0.39 is 0 Å². The normalized spacial score (nSPS) is 10.8. The Balaban J connectivity index is 1.61. The maximum absolute atomic E-state index is 12.3. The smallest absolute Gasteiger partial charge is 0.244 e. The minimum atomic E-state index is 0.0174. The van der Waals surface area contributed by atoms with Gasteiger partial charge < -0.3 is 4.90 Å². The number of nitrogens with zero attached hydrogens (tertiary/aromatic N) is 5. The minimum absolute atomic E-state index is 0.0174. The van der Waals surface area contributed by atoms with Crippen molar-refractivity contribution >= 4 is 17.2 Å². The first-order valence-corrected chi connectivity index (χ1v) is 7.83. The molecule has 0 aromatic carbocycles. The second-order valence-corrected chi connectivity index (χ2v) is 5.96. The van der Waals surface area contributed by atoms with Gasteiger partial charge in [0.25, 0.3) is 0 Å². The number of carbonyl (C=O) groups excluding carboxylic acids is 1. The predicted molar refractivity (Wildman–Crippen MR) is 85.2 cm³/mol. The summed E-state index contributed by atoms with van der Waals surface area (Å²) in [5.41, 5.74) is 2.99. The molecule has 6 nitrogen and oxygen atoms in total. The zero-order chi connectivity index (χ0) is 15.5. The molecule has 3 aromatic heterocycles. The largest absolute Gasteiger partial charge is 0.340 e. The van der Waals surface area contributed by atoms with Gasteiger partial charge in [0.1, 0.15) is 6.54 Å². The van der Waals surface area contributed by atoms with E-state index in [4.69, 9.17) is 0 Å². The highest BCUT2D eigenvalue weighted by molar-refractivity contribution is 7.08. The van der Waals surface area contributed by atoms with Crippen molar-refractivity contribution in [2.24, 2.45) is 7.05 Å². The molecule has 0 aliphatic carbocycles. The number of hydrogen-bond donors (Lipinski definition) is 0. The van der Waals surface area contributed by atoms with Crippen molar-refractivity contribution < 1.29 is 4.79 Å². The molecule has 0 aliphatic rings. The van der Waals surface area contributed by atoms with E-state index >= 15 is 0 Å². The number of amides is 1. The van der Waals surface area contributed by atoms with E-state index in [0.29, 0.717) is 6.54 Å². The van der Waals surface area contributed by atoms with Crippen LogP contribution in [0.5, 0.6) is 0 Å². The Kier molecular flexibility index (Phi) is 4.06. The summed E-state index contributed by atoms with van der Waals surface area (Å²) in [7, 11) is 3.65. The minimum Gasteiger partial charge on any atom is -0.340 e. The van der Waals surface area contributed by atoms with Crippen molar-refractivity contribution in [1.29, 1.82) is 0 Å². The highest BCUT2D eigenvalue weighted by Gasteiger charge is 2.12. The number of rotatable bonds is 5. The lowest BCUT2D eigenvalue weighted by Gasteiger charge is -2.16. The van der Waals surface area contributed by atoms with E-state index in [1.54, 1.807) is 38.8 Å². The van der Waals surface area contributed by atoms with Crippen LogP contribution < -0.4 is 0 Å². The number of likely N-dealkylation sites (N-methyl/N-ethyl adjacent to an activating group) is 1. The maximum atomic E-state index is 12.3. The van der Waals surface area contributed by atoms with Gasteiger partial charge >= 0.3 is 0 Å². The molecular weight excluding hydrogens is 298 g/mol. The third-order valence-electron chi connectivity index (χ3n) is 3.36. The molecule has 114 valence electrons. The standard InChI is InChI=1S/C15H17N5OS/c1-18(8-12-7-16-19(2)9-12)15(21)10-20-5-3-14(17-20)13-4-6-22-11-13/h3-7,9,11H,8,10H2,1-2H3. The van der Waals surface area contributed by atoms with Gasteiger partial charge in [0.15, 0.2) is 0 Å². The predicted octanol–water partition coefficient (Wildman–Crippen LogP) is 2.00. The molecule has 0 N–H and O–H groups in total. The average molecular weight is 315 g/mol. The van der Waals surface area contributed by atoms with Crippen LogP contribution in [0.1, 0.15) is 5.56 Å². The van der Waals surface area contributed by atoms with E-state index in [1.807, 2.05) is 42.3 Å². The van der Waals surface area contributed by atoms with Gasteiger partial charge in [0.2, 0.25) is 5.91 Å². The van der Waals surface area contributed by atoms with Crippen molar-refractivity contribution in [1.82, 2.24) is 24.5 Å². The summed E-state index contributed by atoms with van der Waals surface area (Å²) in [5.74, 6) is 0.0174. The number of hydrogen-bond acceptors (Lipinski definition) is 4. The van der Waals surface area contributed by atoms with Gasteiger partial charge in [0.05, 0.1) is 11.9 Å². The molecule has 0 radical (unpaired) electrons. The molecule has 3 aromatic rings. The molecule has 0 saturated heterocycles. The van der Waals surface area contributed by atoms with E-state index in [2.05, 4.69) is 10.2 Å². The van der Waals surface area contributed by atoms with Gasteiger partial charge in [-0.25, -0.2) is 0 Å². The summed E-state index contributed by atoms with van der Waals surface area (Å²) in [6, 6.07) is 3.95. The number of aromatic nitrogens is 4. The van der Waals surface area contributed by atoms with Crippen LogP contribution in [0.25, 0.3) is 11.3 Å². The monoisotopic (exact) mass is 315 g/mol. The van der Waals surface area contributed by atoms with Gasteiger partial charge in [-0.05, 0) is 17.5 Å². The maximum Gasteiger partial charge on any atom is 0.244 e. The summed E-state index contributed by atoms with van der Waals surface area (Å²) in [4.78, 5) is 13.9. The Morgan fingerprint density at radius 3 is 2.95 bits per heavy atom. The summed E-state index contributed by atoms with van der Waals surface area (Å²) < 4.78 is 3.41. The van der Waals surface area contributed by atoms with Crippen LogP contribution in [0, 0.1) is 0 Å². The second-order valence-electron chi connectivity index (χ2n) is 5.18. The van der Waals surface area contributed by atoms with Crippen LogP contribution >= 0.6 is 11.3 Å². The molecule has 7 heteroatoms. The van der Waals surface area contributed by atoms with Crippen molar-refractivity contribution in [3.8, 4) is 11.3 Å².